The summed E-state index contributed by atoms with van der Waals surface area (Å²) in [6.45, 7) is 0.548. The molecule has 0 radical (unpaired) electrons. The molecule has 1 aliphatic rings. The minimum Gasteiger partial charge on any atom is -0.368 e. The third-order valence-corrected chi connectivity index (χ3v) is 3.44. The molecule has 0 bridgehead atoms. The molecule has 9 heteroatoms. The number of hydrogen-bond acceptors (Lipinski definition) is 5. The Hall–Kier alpha value is -2.68. The molecule has 1 aliphatic heterocycles. The topological polar surface area (TPSA) is 76.1 Å². The van der Waals surface area contributed by atoms with E-state index in [0.29, 0.717) is 13.0 Å². The number of benzene rings is 1. The van der Waals surface area contributed by atoms with Gasteiger partial charge in [0, 0.05) is 6.61 Å². The molecule has 3 rings (SSSR count). The molecule has 2 N–H and O–H groups in total. The second-order valence-corrected chi connectivity index (χ2v) is 5.14. The maximum atomic E-state index is 13.6. The van der Waals surface area contributed by atoms with Gasteiger partial charge in [0.2, 0.25) is 0 Å². The van der Waals surface area contributed by atoms with E-state index in [1.165, 1.54) is 12.1 Å². The van der Waals surface area contributed by atoms with Crippen LogP contribution in [0, 0.1) is 17.5 Å². The van der Waals surface area contributed by atoms with E-state index in [1.807, 2.05) is 0 Å². The highest BCUT2D eigenvalue weighted by Gasteiger charge is 2.23. The van der Waals surface area contributed by atoms with Crippen LogP contribution >= 0.6 is 0 Å². The highest BCUT2D eigenvalue weighted by molar-refractivity contribution is 5.93. The van der Waals surface area contributed by atoms with Crippen molar-refractivity contribution in [3.8, 4) is 0 Å². The van der Waals surface area contributed by atoms with Crippen LogP contribution in [0.5, 0.6) is 0 Å². The predicted molar refractivity (Wildman–Crippen MR) is 79.2 cm³/mol. The quantitative estimate of drug-likeness (QED) is 0.839. The van der Waals surface area contributed by atoms with E-state index in [0.717, 1.165) is 18.6 Å². The van der Waals surface area contributed by atoms with Gasteiger partial charge in [-0.15, -0.1) is 10.2 Å². The third-order valence-electron chi connectivity index (χ3n) is 3.44. The van der Waals surface area contributed by atoms with Crippen LogP contribution < -0.4 is 10.6 Å². The number of hydrogen-bond donors (Lipinski definition) is 2. The molecule has 6 nitrogen and oxygen atoms in total. The van der Waals surface area contributed by atoms with Gasteiger partial charge in [-0.3, -0.25) is 4.79 Å². The fourth-order valence-corrected chi connectivity index (χ4v) is 2.22. The van der Waals surface area contributed by atoms with Gasteiger partial charge < -0.3 is 15.4 Å². The number of halogens is 3. The average molecular weight is 338 g/mol. The van der Waals surface area contributed by atoms with Gasteiger partial charge in [0.15, 0.2) is 29.1 Å². The summed E-state index contributed by atoms with van der Waals surface area (Å²) in [5.74, 6) is -4.21. The summed E-state index contributed by atoms with van der Waals surface area (Å²) in [6, 6.07) is 4.70. The first-order valence-corrected chi connectivity index (χ1v) is 7.21. The van der Waals surface area contributed by atoms with Gasteiger partial charge in [-0.25, -0.2) is 13.2 Å². The van der Waals surface area contributed by atoms with Crippen LogP contribution in [-0.4, -0.2) is 28.8 Å². The molecule has 2 aromatic rings. The largest absolute Gasteiger partial charge is 0.368 e. The van der Waals surface area contributed by atoms with Crippen molar-refractivity contribution < 1.29 is 22.7 Å². The van der Waals surface area contributed by atoms with E-state index < -0.39 is 23.6 Å². The molecule has 1 amide bonds. The van der Waals surface area contributed by atoms with Crippen molar-refractivity contribution in [3.63, 3.8) is 0 Å². The normalized spacial score (nSPS) is 16.9. The molecule has 1 fully saturated rings. The van der Waals surface area contributed by atoms with E-state index >= 15 is 0 Å². The Bertz CT molecular complexity index is 749. The van der Waals surface area contributed by atoms with Crippen molar-refractivity contribution in [1.29, 1.82) is 0 Å². The van der Waals surface area contributed by atoms with Gasteiger partial charge in [0.25, 0.3) is 5.91 Å². The average Bonchev–Trinajstić information content (AvgIpc) is 3.12. The van der Waals surface area contributed by atoms with E-state index in [2.05, 4.69) is 20.8 Å². The lowest BCUT2D eigenvalue weighted by atomic mass is 10.2. The number of amides is 1. The molecule has 24 heavy (non-hydrogen) atoms. The lowest BCUT2D eigenvalue weighted by molar-refractivity contribution is -0.124. The first kappa shape index (κ1) is 16.2. The van der Waals surface area contributed by atoms with Gasteiger partial charge in [-0.2, -0.15) is 0 Å². The summed E-state index contributed by atoms with van der Waals surface area (Å²) in [6.07, 6.45) is 0.974. The summed E-state index contributed by atoms with van der Waals surface area (Å²) < 4.78 is 44.9. The number of carbonyl (C=O) groups excluding carboxylic acids is 1. The van der Waals surface area contributed by atoms with Crippen LogP contribution in [0.3, 0.4) is 0 Å². The van der Waals surface area contributed by atoms with E-state index in [4.69, 9.17) is 4.74 Å². The van der Waals surface area contributed by atoms with Crippen LogP contribution in [0.15, 0.2) is 24.3 Å². The van der Waals surface area contributed by atoms with E-state index in [9.17, 15) is 18.0 Å². The smallest absolute Gasteiger partial charge is 0.254 e. The van der Waals surface area contributed by atoms with E-state index in [1.54, 1.807) is 0 Å². The van der Waals surface area contributed by atoms with Crippen molar-refractivity contribution in [2.75, 3.05) is 17.2 Å². The van der Waals surface area contributed by atoms with Crippen LogP contribution in [0.25, 0.3) is 0 Å². The van der Waals surface area contributed by atoms with Gasteiger partial charge >= 0.3 is 0 Å². The summed E-state index contributed by atoms with van der Waals surface area (Å²) in [4.78, 5) is 11.9. The van der Waals surface area contributed by atoms with Crippen LogP contribution in [0.4, 0.5) is 30.5 Å². The molecule has 1 aromatic heterocycles. The lowest BCUT2D eigenvalue weighted by Gasteiger charge is -2.10. The number of aromatic nitrogens is 2. The Morgan fingerprint density at radius 3 is 2.50 bits per heavy atom. The summed E-state index contributed by atoms with van der Waals surface area (Å²) in [7, 11) is 0. The molecule has 0 saturated carbocycles. The van der Waals surface area contributed by atoms with Gasteiger partial charge in [-0.1, -0.05) is 0 Å². The molecule has 1 saturated heterocycles. The fraction of sp³-hybridized carbons (Fsp3) is 0.267. The molecule has 1 atom stereocenters. The first-order chi connectivity index (χ1) is 11.5. The van der Waals surface area contributed by atoms with Crippen molar-refractivity contribution >= 4 is 23.2 Å². The summed E-state index contributed by atoms with van der Waals surface area (Å²) >= 11 is 0. The van der Waals surface area contributed by atoms with Gasteiger partial charge in [0.1, 0.15) is 6.10 Å². The second kappa shape index (κ2) is 6.83. The Morgan fingerprint density at radius 1 is 1.08 bits per heavy atom. The molecule has 1 aromatic carbocycles. The molecular formula is C15H13F3N4O2. The van der Waals surface area contributed by atoms with Gasteiger partial charge in [-0.05, 0) is 37.1 Å². The first-order valence-electron chi connectivity index (χ1n) is 7.21. The van der Waals surface area contributed by atoms with Crippen molar-refractivity contribution in [2.45, 2.75) is 18.9 Å². The SMILES string of the molecule is O=C(Nc1ccc(Nc2ccc(F)c(F)c2F)nn1)C1CCCO1. The predicted octanol–water partition coefficient (Wildman–Crippen LogP) is 2.76. The second-order valence-electron chi connectivity index (χ2n) is 5.14. The van der Waals surface area contributed by atoms with Crippen LogP contribution in [-0.2, 0) is 9.53 Å². The Kier molecular flexibility index (Phi) is 4.61. The molecule has 0 spiro atoms. The summed E-state index contributed by atoms with van der Waals surface area (Å²) in [5.41, 5.74) is -0.278. The molecule has 1 unspecified atom stereocenters. The summed E-state index contributed by atoms with van der Waals surface area (Å²) in [5, 5.41) is 12.6. The standard InChI is InChI=1S/C15H13F3N4O2/c16-8-3-4-9(14(18)13(8)17)19-11-5-6-12(22-21-11)20-15(23)10-2-1-7-24-10/h3-6,10H,1-2,7H2,(H,19,21)(H,20,22,23). The number of anilines is 3. The highest BCUT2D eigenvalue weighted by Crippen LogP contribution is 2.22. The maximum absolute atomic E-state index is 13.6. The van der Waals surface area contributed by atoms with Gasteiger partial charge in [0.05, 0.1) is 5.69 Å². The molecule has 0 aliphatic carbocycles. The minimum atomic E-state index is -1.58. The Labute approximate surface area is 135 Å². The number of carbonyl (C=O) groups is 1. The zero-order chi connectivity index (χ0) is 17.1. The lowest BCUT2D eigenvalue weighted by Crippen LogP contribution is -2.27. The molecular weight excluding hydrogens is 325 g/mol. The number of rotatable bonds is 4. The zero-order valence-electron chi connectivity index (χ0n) is 12.4. The number of ether oxygens (including phenoxy) is 1. The zero-order valence-corrected chi connectivity index (χ0v) is 12.4. The minimum absolute atomic E-state index is 0.107. The number of nitrogens with zero attached hydrogens (tertiary/aromatic N) is 2. The molecule has 126 valence electrons. The van der Waals surface area contributed by atoms with Crippen LogP contribution in [0.1, 0.15) is 12.8 Å². The Balaban J connectivity index is 1.66. The molecule has 2 heterocycles. The van der Waals surface area contributed by atoms with Crippen molar-refractivity contribution in [2.24, 2.45) is 0 Å². The van der Waals surface area contributed by atoms with Crippen LogP contribution in [0.2, 0.25) is 0 Å². The fourth-order valence-electron chi connectivity index (χ4n) is 2.22. The van der Waals surface area contributed by atoms with Crippen molar-refractivity contribution in [3.05, 3.63) is 41.7 Å². The Morgan fingerprint density at radius 2 is 1.83 bits per heavy atom. The monoisotopic (exact) mass is 338 g/mol. The van der Waals surface area contributed by atoms with Crippen molar-refractivity contribution in [1.82, 2.24) is 10.2 Å². The maximum Gasteiger partial charge on any atom is 0.254 e. The highest BCUT2D eigenvalue weighted by atomic mass is 19.2. The third kappa shape index (κ3) is 3.46. The number of nitrogens with one attached hydrogen (secondary N) is 2. The van der Waals surface area contributed by atoms with E-state index in [-0.39, 0.29) is 23.2 Å².